The predicted octanol–water partition coefficient (Wildman–Crippen LogP) is 1.92. The molecule has 0 spiro atoms. The van der Waals surface area contributed by atoms with Crippen molar-refractivity contribution in [1.82, 2.24) is 0 Å². The average molecular weight is 167 g/mol. The number of hydrogen-bond acceptors (Lipinski definition) is 3. The Balaban J connectivity index is 2.25. The van der Waals surface area contributed by atoms with Crippen molar-refractivity contribution in [3.8, 4) is 5.75 Å². The van der Waals surface area contributed by atoms with Crippen LogP contribution in [0.3, 0.4) is 0 Å². The lowest BCUT2D eigenvalue weighted by Crippen LogP contribution is -2.05. The minimum Gasteiger partial charge on any atom is -0.467 e. The van der Waals surface area contributed by atoms with Gasteiger partial charge in [0.15, 0.2) is 6.79 Å². The quantitative estimate of drug-likeness (QED) is 0.696. The van der Waals surface area contributed by atoms with Gasteiger partial charge in [-0.2, -0.15) is 0 Å². The van der Waals surface area contributed by atoms with Crippen LogP contribution < -0.4 is 4.74 Å². The lowest BCUT2D eigenvalue weighted by atomic mass is 10.3. The second kappa shape index (κ2) is 4.74. The van der Waals surface area contributed by atoms with Gasteiger partial charge >= 0.3 is 0 Å². The van der Waals surface area contributed by atoms with E-state index >= 15 is 0 Å². The van der Waals surface area contributed by atoms with Crippen molar-refractivity contribution in [2.24, 2.45) is 0 Å². The van der Waals surface area contributed by atoms with Gasteiger partial charge in [0.05, 0.1) is 0 Å². The lowest BCUT2D eigenvalue weighted by Gasteiger charge is -2.06. The molecular weight excluding hydrogens is 156 g/mol. The number of hydrogen-bond donors (Lipinski definition) is 1. The first-order valence-corrected chi connectivity index (χ1v) is 3.62. The highest BCUT2D eigenvalue weighted by Gasteiger charge is 1.96. The Bertz CT molecular complexity index is 208. The van der Waals surface area contributed by atoms with E-state index in [0.717, 1.165) is 5.75 Å². The summed E-state index contributed by atoms with van der Waals surface area (Å²) in [4.78, 5) is 0. The summed E-state index contributed by atoms with van der Waals surface area (Å²) in [5, 5.41) is 8.64. The zero-order valence-electron chi connectivity index (χ0n) is 6.86. The largest absolute Gasteiger partial charge is 0.467 e. The molecule has 0 aromatic heterocycles. The number of benzene rings is 1. The van der Waals surface area contributed by atoms with E-state index in [9.17, 15) is 0 Å². The molecule has 0 atom stereocenters. The van der Waals surface area contributed by atoms with E-state index in [-0.39, 0.29) is 13.1 Å². The first-order chi connectivity index (χ1) is 5.79. The first kappa shape index (κ1) is 9.03. The number of aliphatic hydroxyl groups excluding tert-OH is 1. The molecule has 0 fully saturated rings. The van der Waals surface area contributed by atoms with Crippen LogP contribution in [0, 0.1) is 6.29 Å². The highest BCUT2D eigenvalue weighted by atomic mass is 16.7. The van der Waals surface area contributed by atoms with E-state index in [1.165, 1.54) is 6.92 Å². The Morgan fingerprint density at radius 2 is 2.00 bits per heavy atom. The fourth-order valence-electron chi connectivity index (χ4n) is 0.700. The Labute approximate surface area is 71.5 Å². The Morgan fingerprint density at radius 1 is 1.33 bits per heavy atom. The second-order valence-corrected chi connectivity index (χ2v) is 2.24. The third-order valence-electron chi connectivity index (χ3n) is 1.24. The molecule has 3 nitrogen and oxygen atoms in total. The molecule has 0 saturated heterocycles. The van der Waals surface area contributed by atoms with E-state index < -0.39 is 0 Å². The van der Waals surface area contributed by atoms with Gasteiger partial charge in [-0.1, -0.05) is 18.2 Å². The highest BCUT2D eigenvalue weighted by molar-refractivity contribution is 5.20. The van der Waals surface area contributed by atoms with Crippen molar-refractivity contribution in [1.29, 1.82) is 0 Å². The van der Waals surface area contributed by atoms with Crippen molar-refractivity contribution in [3.05, 3.63) is 36.6 Å². The van der Waals surface area contributed by atoms with E-state index in [2.05, 4.69) is 0 Å². The summed E-state index contributed by atoms with van der Waals surface area (Å²) in [5.74, 6) is 0.721. The van der Waals surface area contributed by atoms with Crippen molar-refractivity contribution in [2.45, 2.75) is 6.92 Å². The molecule has 1 N–H and O–H groups in total. The predicted molar refractivity (Wildman–Crippen MR) is 43.9 cm³/mol. The molecule has 0 aliphatic heterocycles. The molecule has 1 aromatic carbocycles. The van der Waals surface area contributed by atoms with Gasteiger partial charge in [0.2, 0.25) is 6.29 Å². The minimum atomic E-state index is -0.0917. The maximum absolute atomic E-state index is 8.64. The van der Waals surface area contributed by atoms with Crippen molar-refractivity contribution < 1.29 is 14.6 Å². The van der Waals surface area contributed by atoms with Gasteiger partial charge < -0.3 is 14.6 Å². The number of ether oxygens (including phenoxy) is 2. The molecular formula is C9H11O3. The summed E-state index contributed by atoms with van der Waals surface area (Å²) in [6, 6.07) is 9.26. The highest BCUT2D eigenvalue weighted by Crippen LogP contribution is 2.08. The number of aliphatic hydroxyl groups is 1. The summed E-state index contributed by atoms with van der Waals surface area (Å²) in [7, 11) is 0. The van der Waals surface area contributed by atoms with Crippen LogP contribution >= 0.6 is 0 Å². The summed E-state index contributed by atoms with van der Waals surface area (Å²) < 4.78 is 9.81. The van der Waals surface area contributed by atoms with E-state index in [1.54, 1.807) is 0 Å². The molecule has 12 heavy (non-hydrogen) atoms. The zero-order chi connectivity index (χ0) is 8.81. The Kier molecular flexibility index (Phi) is 3.57. The van der Waals surface area contributed by atoms with Crippen LogP contribution in [0.15, 0.2) is 30.3 Å². The van der Waals surface area contributed by atoms with Gasteiger partial charge in [-0.3, -0.25) is 0 Å². The number of para-hydroxylation sites is 1. The molecule has 1 rings (SSSR count). The van der Waals surface area contributed by atoms with Crippen molar-refractivity contribution in [3.63, 3.8) is 0 Å². The summed E-state index contributed by atoms with van der Waals surface area (Å²) in [6.07, 6.45) is -0.0917. The monoisotopic (exact) mass is 167 g/mol. The third kappa shape index (κ3) is 3.37. The first-order valence-electron chi connectivity index (χ1n) is 3.62. The van der Waals surface area contributed by atoms with E-state index in [0.29, 0.717) is 0 Å². The topological polar surface area (TPSA) is 38.7 Å². The zero-order valence-corrected chi connectivity index (χ0v) is 6.86. The Hall–Kier alpha value is -1.06. The van der Waals surface area contributed by atoms with Crippen LogP contribution in [0.25, 0.3) is 0 Å². The maximum Gasteiger partial charge on any atom is 0.221 e. The molecule has 0 aliphatic rings. The van der Waals surface area contributed by atoms with Gasteiger partial charge in [-0.15, -0.1) is 0 Å². The molecule has 0 heterocycles. The maximum atomic E-state index is 8.64. The van der Waals surface area contributed by atoms with Crippen molar-refractivity contribution >= 4 is 0 Å². The van der Waals surface area contributed by atoms with Gasteiger partial charge in [0, 0.05) is 0 Å². The fraction of sp³-hybridized carbons (Fsp3) is 0.222. The SMILES string of the molecule is C[C](O)OCOc1ccccc1. The molecule has 0 saturated carbocycles. The van der Waals surface area contributed by atoms with Crippen LogP contribution in [0.1, 0.15) is 6.92 Å². The molecule has 0 amide bonds. The Morgan fingerprint density at radius 3 is 2.58 bits per heavy atom. The summed E-state index contributed by atoms with van der Waals surface area (Å²) >= 11 is 0. The minimum absolute atomic E-state index is 0.0341. The van der Waals surface area contributed by atoms with Gasteiger partial charge in [-0.25, -0.2) is 0 Å². The van der Waals surface area contributed by atoms with Crippen LogP contribution in [-0.2, 0) is 4.74 Å². The number of rotatable bonds is 4. The van der Waals surface area contributed by atoms with Crippen LogP contribution in [0.4, 0.5) is 0 Å². The smallest absolute Gasteiger partial charge is 0.221 e. The molecule has 0 aliphatic carbocycles. The normalized spacial score (nSPS) is 10.2. The fourth-order valence-corrected chi connectivity index (χ4v) is 0.700. The summed E-state index contributed by atoms with van der Waals surface area (Å²) in [6.45, 7) is 1.49. The molecule has 0 unspecified atom stereocenters. The van der Waals surface area contributed by atoms with Crippen molar-refractivity contribution in [2.75, 3.05) is 6.79 Å². The molecule has 3 heteroatoms. The molecule has 0 bridgehead atoms. The lowest BCUT2D eigenvalue weighted by molar-refractivity contribution is -0.0516. The molecule has 65 valence electrons. The van der Waals surface area contributed by atoms with Gasteiger partial charge in [0.1, 0.15) is 5.75 Å². The average Bonchev–Trinajstić information content (AvgIpc) is 2.05. The van der Waals surface area contributed by atoms with E-state index in [4.69, 9.17) is 14.6 Å². The van der Waals surface area contributed by atoms with Gasteiger partial charge in [-0.05, 0) is 19.1 Å². The summed E-state index contributed by atoms with van der Waals surface area (Å²) in [5.41, 5.74) is 0. The van der Waals surface area contributed by atoms with Crippen LogP contribution in [0.5, 0.6) is 5.75 Å². The van der Waals surface area contributed by atoms with Crippen LogP contribution in [0.2, 0.25) is 0 Å². The van der Waals surface area contributed by atoms with E-state index in [1.807, 2.05) is 30.3 Å². The second-order valence-electron chi connectivity index (χ2n) is 2.24. The van der Waals surface area contributed by atoms with Crippen LogP contribution in [-0.4, -0.2) is 11.9 Å². The standard InChI is InChI=1S/C9H11O3/c1-8(10)11-7-12-9-5-3-2-4-6-9/h2-6,10H,7H2,1H3. The van der Waals surface area contributed by atoms with Gasteiger partial charge in [0.25, 0.3) is 0 Å². The molecule has 1 radical (unpaired) electrons. The molecule has 1 aromatic rings. The third-order valence-corrected chi connectivity index (χ3v) is 1.24.